The molecule has 1 rings (SSSR count). The minimum Gasteiger partial charge on any atom is -0.356 e. The van der Waals surface area contributed by atoms with Gasteiger partial charge < -0.3 is 10.6 Å². The quantitative estimate of drug-likeness (QED) is 0.465. The number of hydrogen-bond acceptors (Lipinski definition) is 3. The van der Waals surface area contributed by atoms with Crippen LogP contribution in [0.1, 0.15) is 11.1 Å². The van der Waals surface area contributed by atoms with Crippen LogP contribution in [-0.4, -0.2) is 43.1 Å². The zero-order chi connectivity index (χ0) is 13.2. The number of nitrogens with one attached hydrogen (secondary N) is 2. The van der Waals surface area contributed by atoms with Gasteiger partial charge in [-0.3, -0.25) is 9.98 Å². The molecule has 0 radical (unpaired) electrons. The molecule has 1 aromatic rings. The molecular weight excluding hydrogens is 244 g/mol. The van der Waals surface area contributed by atoms with Crippen molar-refractivity contribution in [3.8, 4) is 0 Å². The van der Waals surface area contributed by atoms with E-state index in [4.69, 9.17) is 0 Å². The summed E-state index contributed by atoms with van der Waals surface area (Å²) in [6.07, 6.45) is 6.83. The average Bonchev–Trinajstić information content (AvgIpc) is 2.39. The summed E-state index contributed by atoms with van der Waals surface area (Å²) < 4.78 is 0. The highest BCUT2D eigenvalue weighted by Crippen LogP contribution is 2.04. The van der Waals surface area contributed by atoms with Gasteiger partial charge in [-0.1, -0.05) is 0 Å². The number of aliphatic imine (C=N–C) groups is 1. The van der Waals surface area contributed by atoms with Crippen LogP contribution in [0.2, 0.25) is 0 Å². The Morgan fingerprint density at radius 1 is 1.39 bits per heavy atom. The molecule has 0 spiro atoms. The first-order valence-corrected chi connectivity index (χ1v) is 7.50. The van der Waals surface area contributed by atoms with E-state index in [1.165, 1.54) is 11.1 Å². The second-order valence-electron chi connectivity index (χ2n) is 3.97. The summed E-state index contributed by atoms with van der Waals surface area (Å²) in [4.78, 5) is 8.28. The highest BCUT2D eigenvalue weighted by atomic mass is 32.2. The van der Waals surface area contributed by atoms with Crippen LogP contribution < -0.4 is 10.6 Å². The minimum absolute atomic E-state index is 0.871. The molecule has 100 valence electrons. The molecular formula is C13H22N4S. The van der Waals surface area contributed by atoms with Gasteiger partial charge in [0.1, 0.15) is 0 Å². The molecule has 0 fully saturated rings. The van der Waals surface area contributed by atoms with Crippen LogP contribution in [0.15, 0.2) is 23.5 Å². The van der Waals surface area contributed by atoms with Gasteiger partial charge >= 0.3 is 0 Å². The zero-order valence-corrected chi connectivity index (χ0v) is 12.2. The summed E-state index contributed by atoms with van der Waals surface area (Å²) in [5.74, 6) is 1.96. The van der Waals surface area contributed by atoms with Gasteiger partial charge in [0.05, 0.1) is 0 Å². The molecule has 0 aliphatic rings. The predicted molar refractivity (Wildman–Crippen MR) is 80.4 cm³/mol. The molecule has 0 unspecified atom stereocenters. The number of thioether (sulfide) groups is 1. The van der Waals surface area contributed by atoms with Gasteiger partial charge in [-0.25, -0.2) is 0 Å². The van der Waals surface area contributed by atoms with E-state index in [0.29, 0.717) is 0 Å². The van der Waals surface area contributed by atoms with E-state index in [1.807, 2.05) is 24.2 Å². The third-order valence-electron chi connectivity index (χ3n) is 2.65. The molecule has 0 saturated heterocycles. The zero-order valence-electron chi connectivity index (χ0n) is 11.4. The Bertz CT molecular complexity index is 379. The number of guanidine groups is 1. The van der Waals surface area contributed by atoms with E-state index in [-0.39, 0.29) is 0 Å². The summed E-state index contributed by atoms with van der Waals surface area (Å²) in [7, 11) is 1.80. The van der Waals surface area contributed by atoms with Crippen molar-refractivity contribution in [2.75, 3.05) is 32.1 Å². The number of aromatic nitrogens is 1. The molecule has 1 aromatic heterocycles. The van der Waals surface area contributed by atoms with Gasteiger partial charge in [0.25, 0.3) is 0 Å². The van der Waals surface area contributed by atoms with E-state index >= 15 is 0 Å². The standard InChI is InChI=1S/C13H22N4S/c1-11-10-15-6-4-12(11)5-7-16-13(14-2)17-8-9-18-3/h4,6,10H,5,7-9H2,1-3H3,(H2,14,16,17). The third-order valence-corrected chi connectivity index (χ3v) is 3.26. The maximum Gasteiger partial charge on any atom is 0.191 e. The average molecular weight is 266 g/mol. The Balaban J connectivity index is 2.30. The molecule has 0 aromatic carbocycles. The molecule has 0 atom stereocenters. The van der Waals surface area contributed by atoms with Gasteiger partial charge in [-0.2, -0.15) is 11.8 Å². The third kappa shape index (κ3) is 5.40. The molecule has 1 heterocycles. The van der Waals surface area contributed by atoms with Crippen molar-refractivity contribution >= 4 is 17.7 Å². The largest absolute Gasteiger partial charge is 0.356 e. The van der Waals surface area contributed by atoms with Crippen LogP contribution in [0.4, 0.5) is 0 Å². The lowest BCUT2D eigenvalue weighted by Crippen LogP contribution is -2.39. The molecule has 18 heavy (non-hydrogen) atoms. The summed E-state index contributed by atoms with van der Waals surface area (Å²) in [6, 6.07) is 2.07. The van der Waals surface area contributed by atoms with Gasteiger partial charge in [-0.15, -0.1) is 0 Å². The normalized spacial score (nSPS) is 11.4. The molecule has 4 nitrogen and oxygen atoms in total. The molecule has 0 aliphatic carbocycles. The van der Waals surface area contributed by atoms with Crippen LogP contribution >= 0.6 is 11.8 Å². The first kappa shape index (κ1) is 14.8. The lowest BCUT2D eigenvalue weighted by atomic mass is 10.1. The molecule has 0 amide bonds. The van der Waals surface area contributed by atoms with Crippen molar-refractivity contribution in [2.24, 2.45) is 4.99 Å². The van der Waals surface area contributed by atoms with Crippen molar-refractivity contribution in [1.29, 1.82) is 0 Å². The lowest BCUT2D eigenvalue weighted by Gasteiger charge is -2.12. The van der Waals surface area contributed by atoms with E-state index < -0.39 is 0 Å². The predicted octanol–water partition coefficient (Wildman–Crippen LogP) is 1.46. The van der Waals surface area contributed by atoms with Crippen molar-refractivity contribution in [3.05, 3.63) is 29.6 Å². The first-order chi connectivity index (χ1) is 8.77. The summed E-state index contributed by atoms with van der Waals surface area (Å²) in [5.41, 5.74) is 2.57. The van der Waals surface area contributed by atoms with Crippen molar-refractivity contribution in [2.45, 2.75) is 13.3 Å². The first-order valence-electron chi connectivity index (χ1n) is 6.11. The smallest absolute Gasteiger partial charge is 0.191 e. The monoisotopic (exact) mass is 266 g/mol. The van der Waals surface area contributed by atoms with Crippen LogP contribution in [0.5, 0.6) is 0 Å². The fourth-order valence-corrected chi connectivity index (χ4v) is 1.90. The van der Waals surface area contributed by atoms with Crippen molar-refractivity contribution < 1.29 is 0 Å². The Hall–Kier alpha value is -1.23. The van der Waals surface area contributed by atoms with Crippen molar-refractivity contribution in [3.63, 3.8) is 0 Å². The number of nitrogens with zero attached hydrogens (tertiary/aromatic N) is 2. The van der Waals surface area contributed by atoms with Crippen LogP contribution in [0, 0.1) is 6.92 Å². The number of rotatable bonds is 6. The Morgan fingerprint density at radius 2 is 2.17 bits per heavy atom. The van der Waals surface area contributed by atoms with Crippen LogP contribution in [0.3, 0.4) is 0 Å². The molecule has 5 heteroatoms. The van der Waals surface area contributed by atoms with Gasteiger partial charge in [0.2, 0.25) is 0 Å². The van der Waals surface area contributed by atoms with E-state index in [2.05, 4.69) is 39.9 Å². The lowest BCUT2D eigenvalue weighted by molar-refractivity contribution is 0.808. The van der Waals surface area contributed by atoms with E-state index in [9.17, 15) is 0 Å². The number of hydrogen-bond donors (Lipinski definition) is 2. The molecule has 2 N–H and O–H groups in total. The van der Waals surface area contributed by atoms with Crippen LogP contribution in [-0.2, 0) is 6.42 Å². The Kier molecular flexibility index (Phi) is 7.25. The topological polar surface area (TPSA) is 49.3 Å². The molecule has 0 bridgehead atoms. The Labute approximate surface area is 114 Å². The highest BCUT2D eigenvalue weighted by molar-refractivity contribution is 7.98. The maximum atomic E-state index is 4.19. The fraction of sp³-hybridized carbons (Fsp3) is 0.538. The maximum absolute atomic E-state index is 4.19. The van der Waals surface area contributed by atoms with Gasteiger partial charge in [0, 0.05) is 38.3 Å². The van der Waals surface area contributed by atoms with Gasteiger partial charge in [-0.05, 0) is 36.8 Å². The second kappa shape index (κ2) is 8.80. The summed E-state index contributed by atoms with van der Waals surface area (Å²) >= 11 is 1.82. The fourth-order valence-electron chi connectivity index (χ4n) is 1.59. The number of aryl methyl sites for hydroxylation is 1. The number of pyridine rings is 1. The molecule has 0 aliphatic heterocycles. The van der Waals surface area contributed by atoms with Gasteiger partial charge in [0.15, 0.2) is 5.96 Å². The van der Waals surface area contributed by atoms with Crippen LogP contribution in [0.25, 0.3) is 0 Å². The van der Waals surface area contributed by atoms with Crippen molar-refractivity contribution in [1.82, 2.24) is 15.6 Å². The summed E-state index contributed by atoms with van der Waals surface area (Å²) in [5, 5.41) is 6.59. The second-order valence-corrected chi connectivity index (χ2v) is 4.96. The SMILES string of the molecule is CN=C(NCCSC)NCCc1ccncc1C. The highest BCUT2D eigenvalue weighted by Gasteiger charge is 1.99. The van der Waals surface area contributed by atoms with E-state index in [0.717, 1.165) is 31.2 Å². The minimum atomic E-state index is 0.871. The van der Waals surface area contributed by atoms with E-state index in [1.54, 1.807) is 7.05 Å². The Morgan fingerprint density at radius 3 is 2.83 bits per heavy atom. The summed E-state index contributed by atoms with van der Waals surface area (Å²) in [6.45, 7) is 3.91. The molecule has 0 saturated carbocycles.